The lowest BCUT2D eigenvalue weighted by atomic mass is 9.92. The summed E-state index contributed by atoms with van der Waals surface area (Å²) >= 11 is 0. The number of ether oxygens (including phenoxy) is 2. The van der Waals surface area contributed by atoms with E-state index in [0.717, 1.165) is 0 Å². The number of carboxylic acid groups (broad SMARTS) is 1. The highest BCUT2D eigenvalue weighted by Crippen LogP contribution is 2.37. The Balaban J connectivity index is 1.54. The lowest BCUT2D eigenvalue weighted by Gasteiger charge is -2.41. The number of aliphatic carboxylic acids is 1. The lowest BCUT2D eigenvalue weighted by Crippen LogP contribution is -2.46. The molecule has 1 fully saturated rings. The average molecular weight is 651 g/mol. The van der Waals surface area contributed by atoms with E-state index < -0.39 is 35.1 Å². The van der Waals surface area contributed by atoms with E-state index in [1.807, 2.05) is 6.08 Å². The molecule has 3 aliphatic heterocycles. The molecule has 0 aliphatic carbocycles. The summed E-state index contributed by atoms with van der Waals surface area (Å²) in [7, 11) is 0. The van der Waals surface area contributed by atoms with Gasteiger partial charge in [0.25, 0.3) is 0 Å². The number of nitrogens with zero attached hydrogens (tertiary/aromatic N) is 5. The Kier molecular flexibility index (Phi) is 9.69. The first-order chi connectivity index (χ1) is 22.1. The number of hydrogen-bond acceptors (Lipinski definition) is 8. The molecule has 12 nitrogen and oxygen atoms in total. The molecular formula is C34H43FN6O6. The monoisotopic (exact) mass is 650 g/mol. The van der Waals surface area contributed by atoms with Crippen molar-refractivity contribution in [2.24, 2.45) is 0 Å². The van der Waals surface area contributed by atoms with Gasteiger partial charge in [0, 0.05) is 37.9 Å². The standard InChI is InChI=1S/C34H43FN6O6/c1-21-17-23(9-10-25(21)35)20-40-13-7-8-16-46-34(6)11-14-39(15-12-34)30-27(28(32(44)45)47-33(3,4)5)22(2)37-26-18-24(38-41(26)30)19-36-29(42)31(40)43/h7-10,17-18,28H,11-16,19-20H2,1-6H3,(H,36,42)(H,44,45)/b8-7+/t28-/m0/s1. The van der Waals surface area contributed by atoms with Crippen molar-refractivity contribution >= 4 is 29.2 Å². The van der Waals surface area contributed by atoms with Crippen LogP contribution in [0.15, 0.2) is 36.4 Å². The van der Waals surface area contributed by atoms with E-state index >= 15 is 0 Å². The van der Waals surface area contributed by atoms with Crippen molar-refractivity contribution in [2.45, 2.75) is 84.8 Å². The number of benzene rings is 1. The summed E-state index contributed by atoms with van der Waals surface area (Å²) in [6, 6.07) is 6.31. The predicted molar refractivity (Wildman–Crippen MR) is 172 cm³/mol. The Bertz CT molecular complexity index is 1700. The van der Waals surface area contributed by atoms with Crippen LogP contribution in [0.25, 0.3) is 5.65 Å². The number of nitrogens with one attached hydrogen (secondary N) is 1. The number of aromatic nitrogens is 3. The van der Waals surface area contributed by atoms with Crippen LogP contribution in [-0.2, 0) is 36.9 Å². The van der Waals surface area contributed by atoms with Gasteiger partial charge in [-0.15, -0.1) is 0 Å². The van der Waals surface area contributed by atoms with Crippen molar-refractivity contribution in [3.63, 3.8) is 0 Å². The van der Waals surface area contributed by atoms with E-state index in [9.17, 15) is 23.9 Å². The SMILES string of the molecule is Cc1cc(CN2C/C=C/COC3(C)CCN(CC3)c3c([C@H](OC(C)(C)C)C(=O)O)c(C)nc4cc(nn34)CNC(=O)C2=O)ccc1F. The molecule has 4 bridgehead atoms. The maximum absolute atomic E-state index is 13.9. The Labute approximate surface area is 273 Å². The molecule has 5 heterocycles. The van der Waals surface area contributed by atoms with E-state index in [4.69, 9.17) is 19.6 Å². The number of rotatable bonds is 5. The zero-order valence-electron chi connectivity index (χ0n) is 27.8. The second-order valence-electron chi connectivity index (χ2n) is 13.5. The number of carboxylic acids is 1. The molecule has 2 N–H and O–H groups in total. The number of anilines is 1. The van der Waals surface area contributed by atoms with E-state index in [1.54, 1.807) is 63.4 Å². The molecule has 3 aliphatic rings. The molecule has 0 saturated carbocycles. The van der Waals surface area contributed by atoms with E-state index in [0.29, 0.717) is 72.1 Å². The van der Waals surface area contributed by atoms with Gasteiger partial charge in [0.2, 0.25) is 0 Å². The number of carbonyl (C=O) groups excluding carboxylic acids is 2. The fourth-order valence-corrected chi connectivity index (χ4v) is 5.94. The molecule has 47 heavy (non-hydrogen) atoms. The van der Waals surface area contributed by atoms with Crippen molar-refractivity contribution in [3.8, 4) is 0 Å². The minimum Gasteiger partial charge on any atom is -0.479 e. The zero-order chi connectivity index (χ0) is 34.1. The Hall–Kier alpha value is -4.36. The first-order valence-corrected chi connectivity index (χ1v) is 15.8. The van der Waals surface area contributed by atoms with Crippen molar-refractivity contribution in [1.29, 1.82) is 0 Å². The number of hydrogen-bond donors (Lipinski definition) is 2. The van der Waals surface area contributed by atoms with Gasteiger partial charge in [-0.3, -0.25) is 9.59 Å². The highest BCUT2D eigenvalue weighted by molar-refractivity contribution is 6.34. The largest absolute Gasteiger partial charge is 0.479 e. The van der Waals surface area contributed by atoms with Crippen LogP contribution in [0.2, 0.25) is 0 Å². The molecule has 0 unspecified atom stereocenters. The summed E-state index contributed by atoms with van der Waals surface area (Å²) in [4.78, 5) is 47.4. The van der Waals surface area contributed by atoms with Gasteiger partial charge in [-0.25, -0.2) is 14.2 Å². The summed E-state index contributed by atoms with van der Waals surface area (Å²) < 4.78 is 27.9. The smallest absolute Gasteiger partial charge is 0.337 e. The molecular weight excluding hydrogens is 607 g/mol. The van der Waals surface area contributed by atoms with Gasteiger partial charge in [-0.2, -0.15) is 9.61 Å². The lowest BCUT2D eigenvalue weighted by molar-refractivity contribution is -0.160. The van der Waals surface area contributed by atoms with Crippen LogP contribution in [-0.4, -0.2) is 79.8 Å². The fraction of sp³-hybridized carbons (Fsp3) is 0.500. The predicted octanol–water partition coefficient (Wildman–Crippen LogP) is 4.02. The van der Waals surface area contributed by atoms with Crippen LogP contribution >= 0.6 is 0 Å². The van der Waals surface area contributed by atoms with Crippen molar-refractivity contribution in [2.75, 3.05) is 31.1 Å². The zero-order valence-corrected chi connectivity index (χ0v) is 27.8. The quantitative estimate of drug-likeness (QED) is 0.310. The Morgan fingerprint density at radius 1 is 1.17 bits per heavy atom. The molecule has 1 atom stereocenters. The molecule has 2 amide bonds. The third-order valence-corrected chi connectivity index (χ3v) is 8.46. The van der Waals surface area contributed by atoms with Gasteiger partial charge in [-0.1, -0.05) is 24.3 Å². The van der Waals surface area contributed by atoms with Crippen LogP contribution in [0.1, 0.15) is 74.7 Å². The van der Waals surface area contributed by atoms with Crippen LogP contribution < -0.4 is 10.2 Å². The number of fused-ring (bicyclic) bond motifs is 10. The molecule has 0 spiro atoms. The molecule has 13 heteroatoms. The summed E-state index contributed by atoms with van der Waals surface area (Å²) in [5.41, 5.74) is 1.73. The van der Waals surface area contributed by atoms with Crippen molar-refractivity contribution < 1.29 is 33.4 Å². The molecule has 1 saturated heterocycles. The molecule has 0 radical (unpaired) electrons. The normalized spacial score (nSPS) is 19.0. The molecule has 3 aromatic rings. The summed E-state index contributed by atoms with van der Waals surface area (Å²) in [6.07, 6.45) is 3.64. The minimum atomic E-state index is -1.31. The summed E-state index contributed by atoms with van der Waals surface area (Å²) in [5.74, 6) is -2.50. The minimum absolute atomic E-state index is 0.0617. The van der Waals surface area contributed by atoms with Crippen molar-refractivity contribution in [1.82, 2.24) is 24.8 Å². The Morgan fingerprint density at radius 2 is 1.89 bits per heavy atom. The van der Waals surface area contributed by atoms with E-state index in [1.165, 1.54) is 11.0 Å². The second kappa shape index (κ2) is 13.4. The molecule has 252 valence electrons. The summed E-state index contributed by atoms with van der Waals surface area (Å²) in [5, 5.41) is 17.7. The molecule has 2 aromatic heterocycles. The molecule has 1 aromatic carbocycles. The van der Waals surface area contributed by atoms with Gasteiger partial charge in [0.1, 0.15) is 11.6 Å². The van der Waals surface area contributed by atoms with Gasteiger partial charge in [0.15, 0.2) is 11.8 Å². The highest BCUT2D eigenvalue weighted by Gasteiger charge is 2.38. The van der Waals surface area contributed by atoms with Gasteiger partial charge < -0.3 is 29.7 Å². The van der Waals surface area contributed by atoms with Gasteiger partial charge in [0.05, 0.1) is 35.6 Å². The number of amides is 2. The molecule has 6 rings (SSSR count). The first-order valence-electron chi connectivity index (χ1n) is 15.8. The van der Waals surface area contributed by atoms with Crippen LogP contribution in [0.4, 0.5) is 10.2 Å². The number of halogens is 1. The van der Waals surface area contributed by atoms with Gasteiger partial charge in [-0.05, 0) is 71.6 Å². The van der Waals surface area contributed by atoms with Crippen molar-refractivity contribution in [3.05, 3.63) is 70.3 Å². The first kappa shape index (κ1) is 34.0. The average Bonchev–Trinajstić information content (AvgIpc) is 3.40. The Morgan fingerprint density at radius 3 is 2.55 bits per heavy atom. The maximum atomic E-state index is 13.9. The fourth-order valence-electron chi connectivity index (χ4n) is 5.94. The van der Waals surface area contributed by atoms with Crippen LogP contribution in [0, 0.1) is 19.7 Å². The number of piperidine rings is 1. The summed E-state index contributed by atoms with van der Waals surface area (Å²) in [6.45, 7) is 12.5. The topological polar surface area (TPSA) is 139 Å². The maximum Gasteiger partial charge on any atom is 0.337 e. The highest BCUT2D eigenvalue weighted by atomic mass is 19.1. The number of aryl methyl sites for hydroxylation is 2. The van der Waals surface area contributed by atoms with Crippen LogP contribution in [0.3, 0.4) is 0 Å². The van der Waals surface area contributed by atoms with Crippen LogP contribution in [0.5, 0.6) is 0 Å². The number of carbonyl (C=O) groups is 3. The third kappa shape index (κ3) is 7.79. The second-order valence-corrected chi connectivity index (χ2v) is 13.5. The third-order valence-electron chi connectivity index (χ3n) is 8.46. The van der Waals surface area contributed by atoms with E-state index in [2.05, 4.69) is 17.1 Å². The van der Waals surface area contributed by atoms with E-state index in [-0.39, 0.29) is 25.5 Å². The van der Waals surface area contributed by atoms with Gasteiger partial charge >= 0.3 is 17.8 Å².